The van der Waals surface area contributed by atoms with Gasteiger partial charge in [0.25, 0.3) is 0 Å². The highest BCUT2D eigenvalue weighted by atomic mass is 35.5. The zero-order valence-corrected chi connectivity index (χ0v) is 17.4. The molecule has 0 aliphatic heterocycles. The van der Waals surface area contributed by atoms with Gasteiger partial charge in [0, 0.05) is 16.7 Å². The van der Waals surface area contributed by atoms with E-state index >= 15 is 0 Å². The summed E-state index contributed by atoms with van der Waals surface area (Å²) in [5.74, 6) is 1.11. The van der Waals surface area contributed by atoms with Gasteiger partial charge in [-0.1, -0.05) is 54.1 Å². The average molecular weight is 423 g/mol. The number of rotatable bonds is 6. The predicted octanol–water partition coefficient (Wildman–Crippen LogP) is 6.08. The number of methoxy groups -OCH3 is 2. The first-order valence-electron chi connectivity index (χ1n) is 9.39. The van der Waals surface area contributed by atoms with Crippen LogP contribution in [0, 0.1) is 5.82 Å². The van der Waals surface area contributed by atoms with Crippen molar-refractivity contribution in [3.8, 4) is 34.0 Å². The molecule has 0 radical (unpaired) electrons. The fourth-order valence-electron chi connectivity index (χ4n) is 3.34. The second kappa shape index (κ2) is 8.59. The van der Waals surface area contributed by atoms with Crippen molar-refractivity contribution >= 4 is 11.6 Å². The molecule has 0 saturated heterocycles. The summed E-state index contributed by atoms with van der Waals surface area (Å²) in [6.07, 6.45) is 0. The van der Waals surface area contributed by atoms with Gasteiger partial charge >= 0.3 is 0 Å². The van der Waals surface area contributed by atoms with Crippen molar-refractivity contribution in [1.29, 1.82) is 0 Å². The summed E-state index contributed by atoms with van der Waals surface area (Å²) in [5.41, 5.74) is 3.47. The van der Waals surface area contributed by atoms with Crippen LogP contribution < -0.4 is 9.47 Å². The summed E-state index contributed by atoms with van der Waals surface area (Å²) < 4.78 is 26.8. The maximum atomic E-state index is 14.3. The number of hydrogen-bond donors (Lipinski definition) is 0. The maximum Gasteiger partial charge on any atom is 0.128 e. The molecule has 1 heterocycles. The molecule has 6 heteroatoms. The second-order valence-electron chi connectivity index (χ2n) is 6.72. The van der Waals surface area contributed by atoms with Gasteiger partial charge < -0.3 is 9.47 Å². The summed E-state index contributed by atoms with van der Waals surface area (Å²) in [6.45, 7) is 0.239. The molecule has 3 aromatic carbocycles. The molecule has 0 aliphatic carbocycles. The van der Waals surface area contributed by atoms with Gasteiger partial charge in [-0.25, -0.2) is 4.39 Å². The lowest BCUT2D eigenvalue weighted by Gasteiger charge is -2.10. The smallest absolute Gasteiger partial charge is 0.128 e. The molecular weight excluding hydrogens is 403 g/mol. The summed E-state index contributed by atoms with van der Waals surface area (Å²) in [6, 6.07) is 21.7. The third-order valence-electron chi connectivity index (χ3n) is 4.86. The van der Waals surface area contributed by atoms with E-state index in [1.54, 1.807) is 37.1 Å². The molecule has 4 nitrogen and oxygen atoms in total. The first kappa shape index (κ1) is 20.0. The zero-order chi connectivity index (χ0) is 21.1. The van der Waals surface area contributed by atoms with Crippen molar-refractivity contribution in [3.63, 3.8) is 0 Å². The fraction of sp³-hybridized carbons (Fsp3) is 0.125. The van der Waals surface area contributed by atoms with Gasteiger partial charge in [0.05, 0.1) is 31.5 Å². The standard InChI is InChI=1S/C24H20ClFN2O2/c1-29-19-10-5-8-16(13-19)23-22(25)24(17-9-6-11-20(14-17)30-2)28(27-23)15-18-7-3-4-12-21(18)26/h3-14H,15H2,1-2H3. The van der Waals surface area contributed by atoms with Crippen LogP contribution in [-0.2, 0) is 6.54 Å². The molecule has 0 aliphatic rings. The lowest BCUT2D eigenvalue weighted by Crippen LogP contribution is -2.06. The minimum atomic E-state index is -0.288. The van der Waals surface area contributed by atoms with Crippen LogP contribution in [0.5, 0.6) is 11.5 Å². The molecular formula is C24H20ClFN2O2. The Kier molecular flexibility index (Phi) is 5.72. The molecule has 0 amide bonds. The van der Waals surface area contributed by atoms with E-state index in [-0.39, 0.29) is 12.4 Å². The van der Waals surface area contributed by atoms with Crippen molar-refractivity contribution < 1.29 is 13.9 Å². The maximum absolute atomic E-state index is 14.3. The third-order valence-corrected chi connectivity index (χ3v) is 5.22. The van der Waals surface area contributed by atoms with Crippen LogP contribution >= 0.6 is 11.6 Å². The molecule has 4 rings (SSSR count). The molecule has 0 fully saturated rings. The number of benzene rings is 3. The van der Waals surface area contributed by atoms with Gasteiger partial charge in [-0.3, -0.25) is 4.68 Å². The number of ether oxygens (including phenoxy) is 2. The van der Waals surface area contributed by atoms with Crippen LogP contribution in [-0.4, -0.2) is 24.0 Å². The quantitative estimate of drug-likeness (QED) is 0.378. The monoisotopic (exact) mass is 422 g/mol. The van der Waals surface area contributed by atoms with Gasteiger partial charge in [-0.2, -0.15) is 5.10 Å². The van der Waals surface area contributed by atoms with Gasteiger partial charge in [-0.05, 0) is 30.3 Å². The van der Waals surface area contributed by atoms with Crippen molar-refractivity contribution in [2.24, 2.45) is 0 Å². The first-order valence-corrected chi connectivity index (χ1v) is 9.77. The zero-order valence-electron chi connectivity index (χ0n) is 16.6. The Morgan fingerprint density at radius 2 is 1.50 bits per heavy atom. The Morgan fingerprint density at radius 3 is 2.17 bits per heavy atom. The highest BCUT2D eigenvalue weighted by Crippen LogP contribution is 2.38. The van der Waals surface area contributed by atoms with Crippen LogP contribution in [0.15, 0.2) is 72.8 Å². The molecule has 0 N–H and O–H groups in total. The largest absolute Gasteiger partial charge is 0.497 e. The van der Waals surface area contributed by atoms with E-state index in [4.69, 9.17) is 26.2 Å². The first-order chi connectivity index (χ1) is 14.6. The number of nitrogens with zero attached hydrogens (tertiary/aromatic N) is 2. The second-order valence-corrected chi connectivity index (χ2v) is 7.10. The predicted molar refractivity (Wildman–Crippen MR) is 117 cm³/mol. The summed E-state index contributed by atoms with van der Waals surface area (Å²) in [5, 5.41) is 5.22. The van der Waals surface area contributed by atoms with Gasteiger partial charge in [0.2, 0.25) is 0 Å². The number of hydrogen-bond acceptors (Lipinski definition) is 3. The Bertz CT molecular complexity index is 1190. The van der Waals surface area contributed by atoms with Crippen molar-refractivity contribution in [2.45, 2.75) is 6.54 Å². The number of aromatic nitrogens is 2. The van der Waals surface area contributed by atoms with Gasteiger partial charge in [0.15, 0.2) is 0 Å². The van der Waals surface area contributed by atoms with Crippen molar-refractivity contribution in [1.82, 2.24) is 9.78 Å². The average Bonchev–Trinajstić information content (AvgIpc) is 3.11. The molecule has 0 saturated carbocycles. The van der Waals surface area contributed by atoms with Gasteiger partial charge in [-0.15, -0.1) is 0 Å². The van der Waals surface area contributed by atoms with E-state index in [0.717, 1.165) is 11.1 Å². The van der Waals surface area contributed by atoms with E-state index in [1.165, 1.54) is 6.07 Å². The molecule has 0 bridgehead atoms. The fourth-order valence-corrected chi connectivity index (χ4v) is 3.70. The molecule has 4 aromatic rings. The Labute approximate surface area is 179 Å². The van der Waals surface area contributed by atoms with Crippen LogP contribution in [0.3, 0.4) is 0 Å². The van der Waals surface area contributed by atoms with Crippen LogP contribution in [0.2, 0.25) is 5.02 Å². The summed E-state index contributed by atoms with van der Waals surface area (Å²) in [7, 11) is 3.22. The van der Waals surface area contributed by atoms with Crippen LogP contribution in [0.1, 0.15) is 5.56 Å². The van der Waals surface area contributed by atoms with E-state index < -0.39 is 0 Å². The Morgan fingerprint density at radius 1 is 0.867 bits per heavy atom. The minimum absolute atomic E-state index is 0.239. The molecule has 152 valence electrons. The van der Waals surface area contributed by atoms with E-state index in [9.17, 15) is 4.39 Å². The minimum Gasteiger partial charge on any atom is -0.497 e. The normalized spacial score (nSPS) is 10.8. The third kappa shape index (κ3) is 3.89. The lowest BCUT2D eigenvalue weighted by molar-refractivity contribution is 0.415. The van der Waals surface area contributed by atoms with Crippen LogP contribution in [0.4, 0.5) is 4.39 Å². The molecule has 0 spiro atoms. The van der Waals surface area contributed by atoms with E-state index in [1.807, 2.05) is 48.5 Å². The van der Waals surface area contributed by atoms with Gasteiger partial charge in [0.1, 0.15) is 23.0 Å². The highest BCUT2D eigenvalue weighted by Gasteiger charge is 2.21. The molecule has 1 aromatic heterocycles. The lowest BCUT2D eigenvalue weighted by atomic mass is 10.1. The highest BCUT2D eigenvalue weighted by molar-refractivity contribution is 6.35. The molecule has 0 unspecified atom stereocenters. The summed E-state index contributed by atoms with van der Waals surface area (Å²) >= 11 is 6.84. The van der Waals surface area contributed by atoms with Crippen molar-refractivity contribution in [2.75, 3.05) is 14.2 Å². The topological polar surface area (TPSA) is 36.3 Å². The summed E-state index contributed by atoms with van der Waals surface area (Å²) in [4.78, 5) is 0. The SMILES string of the molecule is COc1cccc(-c2nn(Cc3ccccc3F)c(-c3cccc(OC)c3)c2Cl)c1. The number of halogens is 2. The Balaban J connectivity index is 1.89. The Hall–Kier alpha value is -3.31. The van der Waals surface area contributed by atoms with E-state index in [0.29, 0.717) is 33.5 Å². The van der Waals surface area contributed by atoms with E-state index in [2.05, 4.69) is 0 Å². The van der Waals surface area contributed by atoms with Crippen LogP contribution in [0.25, 0.3) is 22.5 Å². The molecule has 0 atom stereocenters. The van der Waals surface area contributed by atoms with Crippen molar-refractivity contribution in [3.05, 3.63) is 89.2 Å². The molecule has 30 heavy (non-hydrogen) atoms.